The summed E-state index contributed by atoms with van der Waals surface area (Å²) in [6, 6.07) is 13.6. The average molecular weight is 299 g/mol. The van der Waals surface area contributed by atoms with E-state index >= 15 is 0 Å². The van der Waals surface area contributed by atoms with Crippen molar-refractivity contribution in [2.24, 2.45) is 0 Å². The highest BCUT2D eigenvalue weighted by Gasteiger charge is 2.09. The highest BCUT2D eigenvalue weighted by Crippen LogP contribution is 2.29. The molecule has 3 rings (SSSR count). The third-order valence-electron chi connectivity index (χ3n) is 3.31. The van der Waals surface area contributed by atoms with Gasteiger partial charge in [0.2, 0.25) is 0 Å². The standard InChI is InChI=1S/C18H15ClO2/c1-20-17-7-4-13(5-8-17)2-3-14-10-15-11-16(19)6-9-18(15)21-12-14/h2-11H,12H2,1H3/b3-2+. The molecule has 0 saturated heterocycles. The van der Waals surface area contributed by atoms with E-state index in [1.807, 2.05) is 42.5 Å². The van der Waals surface area contributed by atoms with Gasteiger partial charge in [-0.1, -0.05) is 35.9 Å². The lowest BCUT2D eigenvalue weighted by Crippen LogP contribution is -2.05. The summed E-state index contributed by atoms with van der Waals surface area (Å²) in [7, 11) is 1.66. The Hall–Kier alpha value is -2.19. The summed E-state index contributed by atoms with van der Waals surface area (Å²) in [4.78, 5) is 0. The molecule has 1 heterocycles. The summed E-state index contributed by atoms with van der Waals surface area (Å²) in [6.07, 6.45) is 6.22. The van der Waals surface area contributed by atoms with Crippen LogP contribution in [-0.4, -0.2) is 13.7 Å². The maximum atomic E-state index is 6.01. The van der Waals surface area contributed by atoms with Crippen molar-refractivity contribution in [2.75, 3.05) is 13.7 Å². The number of fused-ring (bicyclic) bond motifs is 1. The molecule has 0 atom stereocenters. The van der Waals surface area contributed by atoms with Gasteiger partial charge in [-0.15, -0.1) is 0 Å². The fraction of sp³-hybridized carbons (Fsp3) is 0.111. The molecular weight excluding hydrogens is 284 g/mol. The van der Waals surface area contributed by atoms with Gasteiger partial charge in [-0.25, -0.2) is 0 Å². The first kappa shape index (κ1) is 13.8. The summed E-state index contributed by atoms with van der Waals surface area (Å²) in [5.41, 5.74) is 3.25. The lowest BCUT2D eigenvalue weighted by Gasteiger charge is -2.16. The smallest absolute Gasteiger partial charge is 0.127 e. The van der Waals surface area contributed by atoms with Crippen LogP contribution in [0.25, 0.3) is 12.2 Å². The van der Waals surface area contributed by atoms with Crippen molar-refractivity contribution in [3.05, 3.63) is 70.3 Å². The summed E-state index contributed by atoms with van der Waals surface area (Å²) in [5, 5.41) is 0.717. The fourth-order valence-electron chi connectivity index (χ4n) is 2.18. The molecule has 0 radical (unpaired) electrons. The highest BCUT2D eigenvalue weighted by molar-refractivity contribution is 6.30. The predicted octanol–water partition coefficient (Wildman–Crippen LogP) is 4.84. The Morgan fingerprint density at radius 1 is 1.10 bits per heavy atom. The van der Waals surface area contributed by atoms with Gasteiger partial charge in [0.05, 0.1) is 7.11 Å². The van der Waals surface area contributed by atoms with Crippen LogP contribution in [-0.2, 0) is 0 Å². The van der Waals surface area contributed by atoms with Crippen LogP contribution in [0.4, 0.5) is 0 Å². The molecule has 0 spiro atoms. The van der Waals surface area contributed by atoms with Crippen molar-refractivity contribution in [2.45, 2.75) is 0 Å². The second kappa shape index (κ2) is 6.06. The minimum Gasteiger partial charge on any atom is -0.497 e. The molecular formula is C18H15ClO2. The zero-order chi connectivity index (χ0) is 14.7. The SMILES string of the molecule is COc1ccc(/C=C/C2=Cc3cc(Cl)ccc3OC2)cc1. The van der Waals surface area contributed by atoms with Crippen molar-refractivity contribution in [3.63, 3.8) is 0 Å². The summed E-state index contributed by atoms with van der Waals surface area (Å²) < 4.78 is 10.9. The molecule has 2 aromatic rings. The van der Waals surface area contributed by atoms with E-state index in [1.54, 1.807) is 7.11 Å². The number of benzene rings is 2. The molecule has 0 aromatic heterocycles. The van der Waals surface area contributed by atoms with Crippen LogP contribution in [0.2, 0.25) is 5.02 Å². The van der Waals surface area contributed by atoms with E-state index in [0.29, 0.717) is 11.6 Å². The van der Waals surface area contributed by atoms with Crippen LogP contribution in [0.15, 0.2) is 54.1 Å². The van der Waals surface area contributed by atoms with Gasteiger partial charge in [0.1, 0.15) is 18.1 Å². The molecule has 21 heavy (non-hydrogen) atoms. The number of methoxy groups -OCH3 is 1. The summed E-state index contributed by atoms with van der Waals surface area (Å²) in [6.45, 7) is 0.571. The zero-order valence-corrected chi connectivity index (χ0v) is 12.4. The van der Waals surface area contributed by atoms with Crippen LogP contribution in [0.3, 0.4) is 0 Å². The lowest BCUT2D eigenvalue weighted by atomic mass is 10.1. The molecule has 0 unspecified atom stereocenters. The number of rotatable bonds is 3. The van der Waals surface area contributed by atoms with E-state index in [9.17, 15) is 0 Å². The molecule has 1 aliphatic heterocycles. The summed E-state index contributed by atoms with van der Waals surface area (Å²) >= 11 is 6.01. The van der Waals surface area contributed by atoms with E-state index in [-0.39, 0.29) is 0 Å². The second-order valence-corrected chi connectivity index (χ2v) is 5.23. The first-order valence-corrected chi connectivity index (χ1v) is 7.07. The minimum atomic E-state index is 0.571. The third-order valence-corrected chi connectivity index (χ3v) is 3.55. The van der Waals surface area contributed by atoms with E-state index in [0.717, 1.165) is 28.2 Å². The Morgan fingerprint density at radius 2 is 1.90 bits per heavy atom. The van der Waals surface area contributed by atoms with Crippen LogP contribution >= 0.6 is 11.6 Å². The molecule has 2 aromatic carbocycles. The zero-order valence-electron chi connectivity index (χ0n) is 11.7. The quantitative estimate of drug-likeness (QED) is 0.807. The Morgan fingerprint density at radius 3 is 2.67 bits per heavy atom. The second-order valence-electron chi connectivity index (χ2n) is 4.80. The fourth-order valence-corrected chi connectivity index (χ4v) is 2.36. The molecule has 1 aliphatic rings. The van der Waals surface area contributed by atoms with E-state index in [2.05, 4.69) is 18.2 Å². The van der Waals surface area contributed by atoms with E-state index < -0.39 is 0 Å². The molecule has 3 heteroatoms. The normalized spacial score (nSPS) is 13.5. The summed E-state index contributed by atoms with van der Waals surface area (Å²) in [5.74, 6) is 1.73. The largest absolute Gasteiger partial charge is 0.497 e. The predicted molar refractivity (Wildman–Crippen MR) is 87.0 cm³/mol. The van der Waals surface area contributed by atoms with Crippen LogP contribution in [0.1, 0.15) is 11.1 Å². The van der Waals surface area contributed by atoms with Gasteiger partial charge in [-0.2, -0.15) is 0 Å². The third kappa shape index (κ3) is 3.29. The van der Waals surface area contributed by atoms with Crippen molar-refractivity contribution in [1.82, 2.24) is 0 Å². The van der Waals surface area contributed by atoms with Crippen LogP contribution in [0.5, 0.6) is 11.5 Å². The Bertz CT molecular complexity index is 700. The number of hydrogen-bond acceptors (Lipinski definition) is 2. The first-order chi connectivity index (χ1) is 10.2. The van der Waals surface area contributed by atoms with Crippen molar-refractivity contribution >= 4 is 23.8 Å². The molecule has 0 aliphatic carbocycles. The van der Waals surface area contributed by atoms with E-state index in [1.165, 1.54) is 0 Å². The van der Waals surface area contributed by atoms with Gasteiger partial charge in [0, 0.05) is 10.6 Å². The lowest BCUT2D eigenvalue weighted by molar-refractivity contribution is 0.351. The molecule has 0 amide bonds. The van der Waals surface area contributed by atoms with E-state index in [4.69, 9.17) is 21.1 Å². The maximum absolute atomic E-state index is 6.01. The molecule has 0 fully saturated rings. The van der Waals surface area contributed by atoms with Gasteiger partial charge < -0.3 is 9.47 Å². The average Bonchev–Trinajstić information content (AvgIpc) is 2.53. The first-order valence-electron chi connectivity index (χ1n) is 6.70. The molecule has 0 saturated carbocycles. The van der Waals surface area contributed by atoms with Crippen molar-refractivity contribution in [1.29, 1.82) is 0 Å². The highest BCUT2D eigenvalue weighted by atomic mass is 35.5. The maximum Gasteiger partial charge on any atom is 0.127 e. The Labute approximate surface area is 129 Å². The Kier molecular flexibility index (Phi) is 3.98. The van der Waals surface area contributed by atoms with Gasteiger partial charge >= 0.3 is 0 Å². The van der Waals surface area contributed by atoms with Crippen LogP contribution < -0.4 is 9.47 Å². The Balaban J connectivity index is 1.80. The number of hydrogen-bond donors (Lipinski definition) is 0. The number of halogens is 1. The van der Waals surface area contributed by atoms with Crippen LogP contribution in [0, 0.1) is 0 Å². The minimum absolute atomic E-state index is 0.571. The topological polar surface area (TPSA) is 18.5 Å². The molecule has 0 N–H and O–H groups in total. The molecule has 0 bridgehead atoms. The molecule has 106 valence electrons. The van der Waals surface area contributed by atoms with Crippen molar-refractivity contribution in [3.8, 4) is 11.5 Å². The van der Waals surface area contributed by atoms with Gasteiger partial charge in [0.25, 0.3) is 0 Å². The monoisotopic (exact) mass is 298 g/mol. The number of ether oxygens (including phenoxy) is 2. The van der Waals surface area contributed by atoms with Gasteiger partial charge in [-0.3, -0.25) is 0 Å². The van der Waals surface area contributed by atoms with Gasteiger partial charge in [-0.05, 0) is 47.5 Å². The van der Waals surface area contributed by atoms with Gasteiger partial charge in [0.15, 0.2) is 0 Å². The molecule has 2 nitrogen and oxygen atoms in total. The van der Waals surface area contributed by atoms with Crippen molar-refractivity contribution < 1.29 is 9.47 Å².